The lowest BCUT2D eigenvalue weighted by Crippen LogP contribution is -2.36. The third-order valence-electron chi connectivity index (χ3n) is 2.46. The van der Waals surface area contributed by atoms with Gasteiger partial charge in [0.05, 0.1) is 25.1 Å². The van der Waals surface area contributed by atoms with E-state index < -0.39 is 0 Å². The number of hydrogen-bond acceptors (Lipinski definition) is 4. The summed E-state index contributed by atoms with van der Waals surface area (Å²) in [5, 5.41) is 3.23. The summed E-state index contributed by atoms with van der Waals surface area (Å²) in [6.45, 7) is 6.49. The maximum absolute atomic E-state index is 5.30. The summed E-state index contributed by atoms with van der Waals surface area (Å²) >= 11 is 0. The van der Waals surface area contributed by atoms with E-state index >= 15 is 0 Å². The first-order chi connectivity index (χ1) is 7.40. The standard InChI is InChI=1S/C11H17N3O/c1-2-12-10-3-4-11(13-9-10)14-5-7-15-8-6-14/h3-4,9,12H,2,5-8H2,1H3. The number of ether oxygens (including phenoxy) is 1. The lowest BCUT2D eigenvalue weighted by Gasteiger charge is -2.27. The Kier molecular flexibility index (Phi) is 3.40. The van der Waals surface area contributed by atoms with Crippen LogP contribution in [0, 0.1) is 0 Å². The van der Waals surface area contributed by atoms with Gasteiger partial charge in [-0.1, -0.05) is 0 Å². The minimum absolute atomic E-state index is 0.802. The van der Waals surface area contributed by atoms with Crippen LogP contribution in [0.4, 0.5) is 11.5 Å². The molecule has 15 heavy (non-hydrogen) atoms. The normalized spacial score (nSPS) is 16.5. The van der Waals surface area contributed by atoms with Crippen LogP contribution in [0.1, 0.15) is 6.92 Å². The van der Waals surface area contributed by atoms with E-state index in [1.807, 2.05) is 6.20 Å². The van der Waals surface area contributed by atoms with Gasteiger partial charge in [-0.25, -0.2) is 4.98 Å². The van der Waals surface area contributed by atoms with E-state index in [9.17, 15) is 0 Å². The second-order valence-electron chi connectivity index (χ2n) is 3.53. The molecule has 0 unspecified atom stereocenters. The monoisotopic (exact) mass is 207 g/mol. The number of pyridine rings is 1. The van der Waals surface area contributed by atoms with Gasteiger partial charge in [-0.2, -0.15) is 0 Å². The molecule has 0 bridgehead atoms. The summed E-state index contributed by atoms with van der Waals surface area (Å²) in [4.78, 5) is 6.68. The minimum atomic E-state index is 0.802. The van der Waals surface area contributed by atoms with Gasteiger partial charge in [-0.05, 0) is 19.1 Å². The summed E-state index contributed by atoms with van der Waals surface area (Å²) in [7, 11) is 0. The van der Waals surface area contributed by atoms with Crippen molar-refractivity contribution in [1.29, 1.82) is 0 Å². The number of rotatable bonds is 3. The van der Waals surface area contributed by atoms with E-state index in [1.165, 1.54) is 0 Å². The topological polar surface area (TPSA) is 37.4 Å². The zero-order valence-electron chi connectivity index (χ0n) is 9.07. The van der Waals surface area contributed by atoms with Gasteiger partial charge in [0.2, 0.25) is 0 Å². The quantitative estimate of drug-likeness (QED) is 0.812. The third-order valence-corrected chi connectivity index (χ3v) is 2.46. The molecule has 1 aliphatic heterocycles. The molecular weight excluding hydrogens is 190 g/mol. The van der Waals surface area contributed by atoms with Crippen LogP contribution in [-0.4, -0.2) is 37.8 Å². The molecule has 0 radical (unpaired) electrons. The summed E-state index contributed by atoms with van der Waals surface area (Å²) < 4.78 is 5.30. The molecule has 2 heterocycles. The van der Waals surface area contributed by atoms with Crippen molar-refractivity contribution in [2.75, 3.05) is 43.1 Å². The molecule has 1 aromatic heterocycles. The van der Waals surface area contributed by atoms with E-state index in [-0.39, 0.29) is 0 Å². The summed E-state index contributed by atoms with van der Waals surface area (Å²) in [6.07, 6.45) is 1.88. The molecule has 1 aliphatic rings. The van der Waals surface area contributed by atoms with Crippen molar-refractivity contribution >= 4 is 11.5 Å². The molecular formula is C11H17N3O. The first kappa shape index (κ1) is 10.2. The van der Waals surface area contributed by atoms with Crippen molar-refractivity contribution in [2.24, 2.45) is 0 Å². The van der Waals surface area contributed by atoms with E-state index in [0.717, 1.165) is 44.4 Å². The van der Waals surface area contributed by atoms with Gasteiger partial charge in [0.15, 0.2) is 0 Å². The van der Waals surface area contributed by atoms with Crippen LogP contribution in [0.2, 0.25) is 0 Å². The second kappa shape index (κ2) is 4.98. The first-order valence-electron chi connectivity index (χ1n) is 5.43. The second-order valence-corrected chi connectivity index (χ2v) is 3.53. The fourth-order valence-electron chi connectivity index (χ4n) is 1.67. The Morgan fingerprint density at radius 3 is 2.80 bits per heavy atom. The van der Waals surface area contributed by atoms with Crippen molar-refractivity contribution in [2.45, 2.75) is 6.92 Å². The van der Waals surface area contributed by atoms with Gasteiger partial charge < -0.3 is 15.0 Å². The predicted octanol–water partition coefficient (Wildman–Crippen LogP) is 1.35. The molecule has 1 fully saturated rings. The van der Waals surface area contributed by atoms with E-state index in [0.29, 0.717) is 0 Å². The molecule has 0 aromatic carbocycles. The Morgan fingerprint density at radius 2 is 2.20 bits per heavy atom. The van der Waals surface area contributed by atoms with E-state index in [1.54, 1.807) is 0 Å². The zero-order valence-corrected chi connectivity index (χ0v) is 9.07. The van der Waals surface area contributed by atoms with Gasteiger partial charge in [-0.3, -0.25) is 0 Å². The number of aromatic nitrogens is 1. The number of hydrogen-bond donors (Lipinski definition) is 1. The van der Waals surface area contributed by atoms with Crippen molar-refractivity contribution in [3.8, 4) is 0 Å². The predicted molar refractivity (Wildman–Crippen MR) is 61.4 cm³/mol. The number of morpholine rings is 1. The molecule has 0 spiro atoms. The summed E-state index contributed by atoms with van der Waals surface area (Å²) in [6, 6.07) is 4.13. The highest BCUT2D eigenvalue weighted by Crippen LogP contribution is 2.14. The molecule has 1 aromatic rings. The van der Waals surface area contributed by atoms with Crippen molar-refractivity contribution in [3.63, 3.8) is 0 Å². The molecule has 82 valence electrons. The fraction of sp³-hybridized carbons (Fsp3) is 0.545. The number of nitrogens with zero attached hydrogens (tertiary/aromatic N) is 2. The van der Waals surface area contributed by atoms with E-state index in [2.05, 4.69) is 34.3 Å². The SMILES string of the molecule is CCNc1ccc(N2CCOCC2)nc1. The third kappa shape index (κ3) is 2.59. The van der Waals surface area contributed by atoms with Crippen molar-refractivity contribution < 1.29 is 4.74 Å². The zero-order chi connectivity index (χ0) is 10.5. The molecule has 0 saturated carbocycles. The van der Waals surface area contributed by atoms with Gasteiger partial charge >= 0.3 is 0 Å². The van der Waals surface area contributed by atoms with Gasteiger partial charge in [0.1, 0.15) is 5.82 Å². The molecule has 4 nitrogen and oxygen atoms in total. The fourth-order valence-corrected chi connectivity index (χ4v) is 1.67. The Morgan fingerprint density at radius 1 is 1.40 bits per heavy atom. The Hall–Kier alpha value is -1.29. The average molecular weight is 207 g/mol. The molecule has 1 saturated heterocycles. The Bertz CT molecular complexity index is 293. The molecule has 0 aliphatic carbocycles. The average Bonchev–Trinajstić information content (AvgIpc) is 2.32. The van der Waals surface area contributed by atoms with Crippen LogP contribution in [0.15, 0.2) is 18.3 Å². The highest BCUT2D eigenvalue weighted by atomic mass is 16.5. The number of nitrogens with one attached hydrogen (secondary N) is 1. The molecule has 2 rings (SSSR count). The minimum Gasteiger partial charge on any atom is -0.384 e. The van der Waals surface area contributed by atoms with E-state index in [4.69, 9.17) is 4.74 Å². The summed E-state index contributed by atoms with van der Waals surface area (Å²) in [5.41, 5.74) is 1.08. The molecule has 0 atom stereocenters. The van der Waals surface area contributed by atoms with Crippen LogP contribution in [0.25, 0.3) is 0 Å². The Balaban J connectivity index is 2.02. The van der Waals surface area contributed by atoms with Gasteiger partial charge in [0.25, 0.3) is 0 Å². The first-order valence-corrected chi connectivity index (χ1v) is 5.43. The van der Waals surface area contributed by atoms with Crippen molar-refractivity contribution in [3.05, 3.63) is 18.3 Å². The highest BCUT2D eigenvalue weighted by molar-refractivity contribution is 5.48. The molecule has 0 amide bonds. The van der Waals surface area contributed by atoms with Crippen LogP contribution < -0.4 is 10.2 Å². The highest BCUT2D eigenvalue weighted by Gasteiger charge is 2.11. The number of anilines is 2. The maximum Gasteiger partial charge on any atom is 0.128 e. The van der Waals surface area contributed by atoms with Crippen LogP contribution in [-0.2, 0) is 4.74 Å². The largest absolute Gasteiger partial charge is 0.384 e. The smallest absolute Gasteiger partial charge is 0.128 e. The van der Waals surface area contributed by atoms with Crippen LogP contribution in [0.3, 0.4) is 0 Å². The Labute approximate surface area is 90.3 Å². The molecule has 4 heteroatoms. The maximum atomic E-state index is 5.30. The van der Waals surface area contributed by atoms with Gasteiger partial charge in [-0.15, -0.1) is 0 Å². The van der Waals surface area contributed by atoms with Crippen LogP contribution >= 0.6 is 0 Å². The van der Waals surface area contributed by atoms with Crippen molar-refractivity contribution in [1.82, 2.24) is 4.98 Å². The van der Waals surface area contributed by atoms with Gasteiger partial charge in [0, 0.05) is 19.6 Å². The lowest BCUT2D eigenvalue weighted by atomic mass is 10.3. The van der Waals surface area contributed by atoms with Crippen LogP contribution in [0.5, 0.6) is 0 Å². The molecule has 1 N–H and O–H groups in total. The lowest BCUT2D eigenvalue weighted by molar-refractivity contribution is 0.122. The summed E-state index contributed by atoms with van der Waals surface area (Å²) in [5.74, 6) is 1.04.